The number of rotatable bonds is 8. The minimum Gasteiger partial charge on any atom is -0.481 e. The van der Waals surface area contributed by atoms with E-state index in [-0.39, 0.29) is 13.1 Å². The Kier molecular flexibility index (Phi) is 7.71. The molecule has 0 rings (SSSR count). The molecule has 0 heterocycles. The molecular formula is C11H19N3O6. The Morgan fingerprint density at radius 1 is 1.20 bits per heavy atom. The van der Waals surface area contributed by atoms with Gasteiger partial charge in [0.2, 0.25) is 5.91 Å². The summed E-state index contributed by atoms with van der Waals surface area (Å²) in [4.78, 5) is 45.6. The summed E-state index contributed by atoms with van der Waals surface area (Å²) < 4.78 is 0. The van der Waals surface area contributed by atoms with Crippen molar-refractivity contribution in [3.05, 3.63) is 0 Å². The molecule has 0 bridgehead atoms. The molecule has 4 N–H and O–H groups in total. The second-order valence-corrected chi connectivity index (χ2v) is 4.03. The van der Waals surface area contributed by atoms with Crippen LogP contribution in [0.2, 0.25) is 0 Å². The Labute approximate surface area is 115 Å². The van der Waals surface area contributed by atoms with Gasteiger partial charge >= 0.3 is 18.0 Å². The van der Waals surface area contributed by atoms with Crippen LogP contribution in [-0.2, 0) is 14.4 Å². The first-order chi connectivity index (χ1) is 9.31. The van der Waals surface area contributed by atoms with Crippen molar-refractivity contribution in [2.75, 3.05) is 20.1 Å². The van der Waals surface area contributed by atoms with Gasteiger partial charge in [-0.15, -0.1) is 0 Å². The van der Waals surface area contributed by atoms with E-state index in [1.54, 1.807) is 6.92 Å². The summed E-state index contributed by atoms with van der Waals surface area (Å²) in [5.41, 5.74) is 0. The lowest BCUT2D eigenvalue weighted by atomic mass is 10.2. The normalized spacial score (nSPS) is 11.3. The van der Waals surface area contributed by atoms with Crippen LogP contribution >= 0.6 is 0 Å². The van der Waals surface area contributed by atoms with Crippen LogP contribution in [0.5, 0.6) is 0 Å². The Balaban J connectivity index is 4.74. The van der Waals surface area contributed by atoms with E-state index in [2.05, 4.69) is 10.6 Å². The minimum atomic E-state index is -1.54. The van der Waals surface area contributed by atoms with Crippen LogP contribution in [0.25, 0.3) is 0 Å². The standard InChI is InChI=1S/C11H19N3O6/c1-3-4-14(6-8(15)12-2)11(20)13-7(10(18)19)5-9(16)17/h7H,3-6H2,1-2H3,(H,12,15)(H,13,20)(H,16,17)(H,18,19)/t7-/m0/s1. The predicted octanol–water partition coefficient (Wildman–Crippen LogP) is -0.918. The number of hydrogen-bond donors (Lipinski definition) is 4. The molecule has 0 aromatic heterocycles. The van der Waals surface area contributed by atoms with Crippen molar-refractivity contribution in [3.8, 4) is 0 Å². The number of carboxylic acids is 2. The Morgan fingerprint density at radius 3 is 2.20 bits per heavy atom. The fourth-order valence-corrected chi connectivity index (χ4v) is 1.39. The van der Waals surface area contributed by atoms with E-state index in [1.165, 1.54) is 7.05 Å². The van der Waals surface area contributed by atoms with E-state index in [1.807, 2.05) is 0 Å². The summed E-state index contributed by atoms with van der Waals surface area (Å²) in [5.74, 6) is -3.19. The lowest BCUT2D eigenvalue weighted by molar-refractivity contribution is -0.145. The van der Waals surface area contributed by atoms with Crippen LogP contribution in [0.4, 0.5) is 4.79 Å². The molecule has 9 nitrogen and oxygen atoms in total. The lowest BCUT2D eigenvalue weighted by Crippen LogP contribution is -2.51. The molecule has 0 aromatic rings. The number of carbonyl (C=O) groups excluding carboxylic acids is 2. The maximum Gasteiger partial charge on any atom is 0.326 e. The van der Waals surface area contributed by atoms with Gasteiger partial charge in [-0.05, 0) is 6.42 Å². The molecule has 0 fully saturated rings. The van der Waals surface area contributed by atoms with Gasteiger partial charge in [-0.3, -0.25) is 9.59 Å². The largest absolute Gasteiger partial charge is 0.481 e. The van der Waals surface area contributed by atoms with Gasteiger partial charge in [-0.2, -0.15) is 0 Å². The zero-order chi connectivity index (χ0) is 15.7. The number of nitrogens with zero attached hydrogens (tertiary/aromatic N) is 1. The molecule has 0 saturated carbocycles. The second kappa shape index (κ2) is 8.73. The summed E-state index contributed by atoms with van der Waals surface area (Å²) >= 11 is 0. The summed E-state index contributed by atoms with van der Waals surface area (Å²) in [7, 11) is 1.41. The summed E-state index contributed by atoms with van der Waals surface area (Å²) in [5, 5.41) is 21.8. The maximum atomic E-state index is 11.9. The maximum absolute atomic E-state index is 11.9. The topological polar surface area (TPSA) is 136 Å². The van der Waals surface area contributed by atoms with Crippen LogP contribution in [0.1, 0.15) is 19.8 Å². The smallest absolute Gasteiger partial charge is 0.326 e. The third kappa shape index (κ3) is 6.57. The number of carbonyl (C=O) groups is 4. The average Bonchev–Trinajstić information content (AvgIpc) is 2.36. The zero-order valence-electron chi connectivity index (χ0n) is 11.4. The van der Waals surface area contributed by atoms with E-state index < -0.39 is 36.3 Å². The van der Waals surface area contributed by atoms with Gasteiger partial charge in [0.05, 0.1) is 6.42 Å². The van der Waals surface area contributed by atoms with Crippen molar-refractivity contribution >= 4 is 23.9 Å². The number of amides is 3. The number of hydrogen-bond acceptors (Lipinski definition) is 4. The Bertz CT molecular complexity index is 384. The first-order valence-electron chi connectivity index (χ1n) is 6.02. The molecule has 0 aliphatic carbocycles. The third-order valence-electron chi connectivity index (χ3n) is 2.37. The van der Waals surface area contributed by atoms with Crippen LogP contribution in [0.15, 0.2) is 0 Å². The van der Waals surface area contributed by atoms with Gasteiger partial charge in [-0.25, -0.2) is 9.59 Å². The fraction of sp³-hybridized carbons (Fsp3) is 0.636. The van der Waals surface area contributed by atoms with Crippen molar-refractivity contribution < 1.29 is 29.4 Å². The van der Waals surface area contributed by atoms with E-state index in [0.29, 0.717) is 6.42 Å². The molecule has 0 spiro atoms. The fourth-order valence-electron chi connectivity index (χ4n) is 1.39. The van der Waals surface area contributed by atoms with Crippen molar-refractivity contribution in [2.45, 2.75) is 25.8 Å². The lowest BCUT2D eigenvalue weighted by Gasteiger charge is -2.23. The van der Waals surface area contributed by atoms with Gasteiger partial charge < -0.3 is 25.7 Å². The summed E-state index contributed by atoms with van der Waals surface area (Å²) in [6, 6.07) is -2.33. The molecule has 0 aromatic carbocycles. The first kappa shape index (κ1) is 17.7. The second-order valence-electron chi connectivity index (χ2n) is 4.03. The molecule has 20 heavy (non-hydrogen) atoms. The van der Waals surface area contributed by atoms with Gasteiger partial charge in [0, 0.05) is 13.6 Å². The van der Waals surface area contributed by atoms with Gasteiger partial charge in [0.1, 0.15) is 12.6 Å². The van der Waals surface area contributed by atoms with E-state index in [4.69, 9.17) is 10.2 Å². The number of carboxylic acid groups (broad SMARTS) is 2. The van der Waals surface area contributed by atoms with Gasteiger partial charge in [0.25, 0.3) is 0 Å². The molecule has 9 heteroatoms. The summed E-state index contributed by atoms with van der Waals surface area (Å²) in [6.07, 6.45) is -0.165. The SMILES string of the molecule is CCCN(CC(=O)NC)C(=O)N[C@@H](CC(=O)O)C(=O)O. The highest BCUT2D eigenvalue weighted by Crippen LogP contribution is 1.98. The number of aliphatic carboxylic acids is 2. The average molecular weight is 289 g/mol. The Hall–Kier alpha value is -2.32. The van der Waals surface area contributed by atoms with Gasteiger partial charge in [-0.1, -0.05) is 6.92 Å². The van der Waals surface area contributed by atoms with Crippen LogP contribution in [0, 0.1) is 0 Å². The third-order valence-corrected chi connectivity index (χ3v) is 2.37. The summed E-state index contributed by atoms with van der Waals surface area (Å²) in [6.45, 7) is 1.81. The number of nitrogens with one attached hydrogen (secondary N) is 2. The van der Waals surface area contributed by atoms with Gasteiger partial charge in [0.15, 0.2) is 0 Å². The van der Waals surface area contributed by atoms with E-state index in [9.17, 15) is 19.2 Å². The number of urea groups is 1. The van der Waals surface area contributed by atoms with Crippen LogP contribution in [-0.4, -0.2) is 65.2 Å². The van der Waals surface area contributed by atoms with Crippen molar-refractivity contribution in [3.63, 3.8) is 0 Å². The molecule has 3 amide bonds. The van der Waals surface area contributed by atoms with Crippen molar-refractivity contribution in [2.24, 2.45) is 0 Å². The van der Waals surface area contributed by atoms with Crippen LogP contribution in [0.3, 0.4) is 0 Å². The highest BCUT2D eigenvalue weighted by atomic mass is 16.4. The highest BCUT2D eigenvalue weighted by molar-refractivity contribution is 5.88. The molecule has 0 unspecified atom stereocenters. The molecule has 0 aliphatic rings. The van der Waals surface area contributed by atoms with Crippen molar-refractivity contribution in [1.82, 2.24) is 15.5 Å². The Morgan fingerprint density at radius 2 is 1.80 bits per heavy atom. The molecule has 0 saturated heterocycles. The minimum absolute atomic E-state index is 0.227. The zero-order valence-corrected chi connectivity index (χ0v) is 11.4. The predicted molar refractivity (Wildman–Crippen MR) is 68.1 cm³/mol. The highest BCUT2D eigenvalue weighted by Gasteiger charge is 2.26. The first-order valence-corrected chi connectivity index (χ1v) is 6.02. The van der Waals surface area contributed by atoms with E-state index in [0.717, 1.165) is 4.90 Å². The number of likely N-dealkylation sites (N-methyl/N-ethyl adjacent to an activating group) is 1. The van der Waals surface area contributed by atoms with E-state index >= 15 is 0 Å². The molecular weight excluding hydrogens is 270 g/mol. The monoisotopic (exact) mass is 289 g/mol. The quantitative estimate of drug-likeness (QED) is 0.456. The molecule has 0 radical (unpaired) electrons. The molecule has 0 aliphatic heterocycles. The van der Waals surface area contributed by atoms with Crippen LogP contribution < -0.4 is 10.6 Å². The van der Waals surface area contributed by atoms with Crippen molar-refractivity contribution in [1.29, 1.82) is 0 Å². The molecule has 1 atom stereocenters. The molecule has 114 valence electrons.